The number of nitrogens with two attached hydrogens (primary N) is 1. The van der Waals surface area contributed by atoms with Crippen LogP contribution in [0.15, 0.2) is 10.5 Å². The number of oxime groups is 1. The van der Waals surface area contributed by atoms with E-state index in [9.17, 15) is 0 Å². The van der Waals surface area contributed by atoms with Gasteiger partial charge in [-0.15, -0.1) is 11.3 Å². The zero-order chi connectivity index (χ0) is 11.0. The van der Waals surface area contributed by atoms with Gasteiger partial charge in [-0.3, -0.25) is 4.79 Å². The monoisotopic (exact) mass is 217 g/mol. The predicted molar refractivity (Wildman–Crippen MR) is 54.4 cm³/mol. The van der Waals surface area contributed by atoms with E-state index < -0.39 is 0 Å². The lowest BCUT2D eigenvalue weighted by atomic mass is 10.3. The third kappa shape index (κ3) is 4.41. The third-order valence-corrected chi connectivity index (χ3v) is 1.79. The molecule has 1 rings (SSSR count). The lowest BCUT2D eigenvalue weighted by Crippen LogP contribution is -1.96. The number of carbonyl (C=O) groups is 1. The van der Waals surface area contributed by atoms with Crippen molar-refractivity contribution in [3.8, 4) is 0 Å². The molecule has 7 heteroatoms. The molecule has 0 amide bonds. The Labute approximate surface area is 85.0 Å². The molecule has 0 unspecified atom stereocenters. The highest BCUT2D eigenvalue weighted by atomic mass is 32.1. The predicted octanol–water partition coefficient (Wildman–Crippen LogP) is 0.796. The van der Waals surface area contributed by atoms with Crippen LogP contribution in [0.25, 0.3) is 0 Å². The van der Waals surface area contributed by atoms with Gasteiger partial charge in [-0.1, -0.05) is 5.16 Å². The highest BCUT2D eigenvalue weighted by Gasteiger charge is 2.01. The topological polar surface area (TPSA) is 97.8 Å². The molecule has 0 aliphatic carbocycles. The van der Waals surface area contributed by atoms with Gasteiger partial charge in [0.25, 0.3) is 6.47 Å². The van der Waals surface area contributed by atoms with E-state index >= 15 is 0 Å². The average Bonchev–Trinajstić information content (AvgIpc) is 2.54. The zero-order valence-electron chi connectivity index (χ0n) is 7.80. The first-order valence-corrected chi connectivity index (χ1v) is 4.40. The largest absolute Gasteiger partial charge is 0.483 e. The number of thiazole rings is 1. The summed E-state index contributed by atoms with van der Waals surface area (Å²) in [6.07, 6.45) is 0. The summed E-state index contributed by atoms with van der Waals surface area (Å²) in [5, 5.41) is 13.0. The summed E-state index contributed by atoms with van der Waals surface area (Å²) in [4.78, 5) is 17.0. The molecular weight excluding hydrogens is 206 g/mol. The van der Waals surface area contributed by atoms with Gasteiger partial charge in [-0.2, -0.15) is 0 Å². The Kier molecular flexibility index (Phi) is 6.04. The molecule has 0 radical (unpaired) electrons. The molecule has 6 nitrogen and oxygen atoms in total. The number of carboxylic acid groups (broad SMARTS) is 1. The van der Waals surface area contributed by atoms with Crippen molar-refractivity contribution in [3.05, 3.63) is 11.1 Å². The Balaban J connectivity index is 0.000000500. The van der Waals surface area contributed by atoms with Crippen molar-refractivity contribution in [2.24, 2.45) is 5.16 Å². The summed E-state index contributed by atoms with van der Waals surface area (Å²) < 4.78 is 0. The van der Waals surface area contributed by atoms with Crippen LogP contribution in [0.5, 0.6) is 0 Å². The Morgan fingerprint density at radius 2 is 2.43 bits per heavy atom. The van der Waals surface area contributed by atoms with Crippen LogP contribution in [0.2, 0.25) is 0 Å². The fourth-order valence-electron chi connectivity index (χ4n) is 0.637. The molecule has 1 aromatic rings. The van der Waals surface area contributed by atoms with E-state index in [2.05, 4.69) is 15.0 Å². The molecule has 0 fully saturated rings. The molecule has 0 aromatic carbocycles. The minimum absolute atomic E-state index is 0.250. The molecule has 0 atom stereocenters. The molecule has 78 valence electrons. The Bertz CT molecular complexity index is 311. The van der Waals surface area contributed by atoms with Gasteiger partial charge < -0.3 is 15.7 Å². The van der Waals surface area contributed by atoms with Crippen molar-refractivity contribution < 1.29 is 14.7 Å². The van der Waals surface area contributed by atoms with Gasteiger partial charge in [-0.05, 0) is 6.92 Å². The smallest absolute Gasteiger partial charge is 0.290 e. The van der Waals surface area contributed by atoms with E-state index in [1.807, 2.05) is 12.3 Å². The van der Waals surface area contributed by atoms with E-state index in [-0.39, 0.29) is 6.47 Å². The van der Waals surface area contributed by atoms with Crippen molar-refractivity contribution in [3.63, 3.8) is 0 Å². The second-order valence-corrected chi connectivity index (χ2v) is 2.93. The van der Waals surface area contributed by atoms with E-state index in [1.54, 1.807) is 0 Å². The van der Waals surface area contributed by atoms with E-state index in [4.69, 9.17) is 15.6 Å². The van der Waals surface area contributed by atoms with E-state index in [0.717, 1.165) is 11.4 Å². The molecule has 1 aromatic heterocycles. The van der Waals surface area contributed by atoms with Crippen molar-refractivity contribution >= 4 is 28.7 Å². The minimum atomic E-state index is -0.250. The first-order chi connectivity index (χ1) is 6.65. The van der Waals surface area contributed by atoms with Crippen molar-refractivity contribution in [1.82, 2.24) is 4.98 Å². The third-order valence-electron chi connectivity index (χ3n) is 1.12. The van der Waals surface area contributed by atoms with Gasteiger partial charge in [0.05, 0.1) is 0 Å². The lowest BCUT2D eigenvalue weighted by molar-refractivity contribution is -0.122. The molecular formula is C7H11N3O3S. The summed E-state index contributed by atoms with van der Waals surface area (Å²) in [5.41, 5.74) is 6.93. The standard InChI is InChI=1S/C6H9N3OS.CH2O2/c1-4(9-10-2)5-3-11-6(7)8-5;2-1-3/h3H,1-2H3,(H2,7,8);1H,(H,2,3)/b9-4-;. The van der Waals surface area contributed by atoms with Crippen LogP contribution in [0.3, 0.4) is 0 Å². The van der Waals surface area contributed by atoms with Gasteiger partial charge in [0.2, 0.25) is 0 Å². The molecule has 1 heterocycles. The summed E-state index contributed by atoms with van der Waals surface area (Å²) in [6, 6.07) is 0. The van der Waals surface area contributed by atoms with Crippen LogP contribution >= 0.6 is 11.3 Å². The second kappa shape index (κ2) is 6.84. The summed E-state index contributed by atoms with van der Waals surface area (Å²) in [5.74, 6) is 0. The molecule has 0 spiro atoms. The summed E-state index contributed by atoms with van der Waals surface area (Å²) in [7, 11) is 1.50. The number of rotatable bonds is 2. The Morgan fingerprint density at radius 3 is 2.79 bits per heavy atom. The maximum Gasteiger partial charge on any atom is 0.290 e. The van der Waals surface area contributed by atoms with Gasteiger partial charge in [0.1, 0.15) is 18.5 Å². The first-order valence-electron chi connectivity index (χ1n) is 3.52. The number of aromatic nitrogens is 1. The lowest BCUT2D eigenvalue weighted by Gasteiger charge is -1.91. The molecule has 0 saturated heterocycles. The SMILES string of the molecule is CO/N=C(/C)c1csc(N)n1.O=CO. The van der Waals surface area contributed by atoms with Gasteiger partial charge >= 0.3 is 0 Å². The molecule has 0 saturated carbocycles. The second-order valence-electron chi connectivity index (χ2n) is 2.04. The van der Waals surface area contributed by atoms with Crippen molar-refractivity contribution in [2.45, 2.75) is 6.92 Å². The normalized spacial score (nSPS) is 10.0. The van der Waals surface area contributed by atoms with Crippen LogP contribution in [-0.2, 0) is 9.63 Å². The molecule has 3 N–H and O–H groups in total. The van der Waals surface area contributed by atoms with Crippen molar-refractivity contribution in [2.75, 3.05) is 12.8 Å². The average molecular weight is 217 g/mol. The molecule has 0 aliphatic rings. The number of anilines is 1. The van der Waals surface area contributed by atoms with Crippen LogP contribution in [0, 0.1) is 0 Å². The van der Waals surface area contributed by atoms with E-state index in [1.165, 1.54) is 18.4 Å². The number of hydrogen-bond donors (Lipinski definition) is 2. The summed E-state index contributed by atoms with van der Waals surface area (Å²) >= 11 is 1.39. The van der Waals surface area contributed by atoms with Gasteiger partial charge in [0.15, 0.2) is 5.13 Å². The van der Waals surface area contributed by atoms with Crippen LogP contribution in [0.4, 0.5) is 5.13 Å². The Hall–Kier alpha value is -1.63. The zero-order valence-corrected chi connectivity index (χ0v) is 8.61. The van der Waals surface area contributed by atoms with Crippen LogP contribution in [0.1, 0.15) is 12.6 Å². The van der Waals surface area contributed by atoms with Crippen LogP contribution in [-0.4, -0.2) is 29.4 Å². The van der Waals surface area contributed by atoms with E-state index in [0.29, 0.717) is 5.13 Å². The maximum atomic E-state index is 8.36. The number of hydrogen-bond acceptors (Lipinski definition) is 6. The van der Waals surface area contributed by atoms with Gasteiger partial charge in [0, 0.05) is 5.38 Å². The first kappa shape index (κ1) is 12.4. The number of nitrogen functional groups attached to an aromatic ring is 1. The highest BCUT2D eigenvalue weighted by molar-refractivity contribution is 7.13. The summed E-state index contributed by atoms with van der Waals surface area (Å²) in [6.45, 7) is 1.57. The molecule has 14 heavy (non-hydrogen) atoms. The van der Waals surface area contributed by atoms with Gasteiger partial charge in [-0.25, -0.2) is 4.98 Å². The fourth-order valence-corrected chi connectivity index (χ4v) is 1.24. The quantitative estimate of drug-likeness (QED) is 0.433. The molecule has 0 bridgehead atoms. The Morgan fingerprint density at radius 1 is 1.86 bits per heavy atom. The molecule has 0 aliphatic heterocycles. The highest BCUT2D eigenvalue weighted by Crippen LogP contribution is 2.11. The maximum absolute atomic E-state index is 8.36. The van der Waals surface area contributed by atoms with Crippen molar-refractivity contribution in [1.29, 1.82) is 0 Å². The minimum Gasteiger partial charge on any atom is -0.483 e. The van der Waals surface area contributed by atoms with Crippen LogP contribution < -0.4 is 5.73 Å². The fraction of sp³-hybridized carbons (Fsp3) is 0.286. The number of nitrogens with zero attached hydrogens (tertiary/aromatic N) is 2.